The van der Waals surface area contributed by atoms with Gasteiger partial charge in [0, 0.05) is 55.7 Å². The molecule has 0 spiro atoms. The molecular weight excluding hydrogens is 416 g/mol. The zero-order valence-corrected chi connectivity index (χ0v) is 18.2. The van der Waals surface area contributed by atoms with E-state index in [1.165, 1.54) is 17.2 Å². The van der Waals surface area contributed by atoms with Crippen LogP contribution in [-0.2, 0) is 6.42 Å². The summed E-state index contributed by atoms with van der Waals surface area (Å²) in [4.78, 5) is 24.9. The summed E-state index contributed by atoms with van der Waals surface area (Å²) in [6.45, 7) is 8.35. The Labute approximate surface area is 184 Å². The Morgan fingerprint density at radius 3 is 2.81 bits per heavy atom. The maximum absolute atomic E-state index is 14.9. The molecule has 3 aromatic rings. The van der Waals surface area contributed by atoms with Gasteiger partial charge in [-0.25, -0.2) is 23.5 Å². The molecule has 1 fully saturated rings. The molecule has 1 saturated heterocycles. The Morgan fingerprint density at radius 2 is 2.03 bits per heavy atom. The van der Waals surface area contributed by atoms with Crippen molar-refractivity contribution in [3.8, 4) is 0 Å². The van der Waals surface area contributed by atoms with Crippen LogP contribution in [0.3, 0.4) is 0 Å². The third-order valence-corrected chi connectivity index (χ3v) is 5.96. The molecule has 5 heterocycles. The van der Waals surface area contributed by atoms with Crippen molar-refractivity contribution in [3.63, 3.8) is 0 Å². The Morgan fingerprint density at radius 1 is 1.22 bits per heavy atom. The number of rotatable bonds is 2. The molecule has 0 bridgehead atoms. The summed E-state index contributed by atoms with van der Waals surface area (Å²) in [5.41, 5.74) is 2.31. The maximum atomic E-state index is 14.9. The number of nitrogens with one attached hydrogen (secondary N) is 2. The van der Waals surface area contributed by atoms with Gasteiger partial charge in [0.05, 0.1) is 23.3 Å². The highest BCUT2D eigenvalue weighted by atomic mass is 19.1. The number of fused-ring (bicyclic) bond motifs is 2. The van der Waals surface area contributed by atoms with Gasteiger partial charge in [0.2, 0.25) is 0 Å². The van der Waals surface area contributed by atoms with E-state index in [1.807, 2.05) is 11.8 Å². The molecule has 2 amide bonds. The molecule has 10 heteroatoms. The van der Waals surface area contributed by atoms with Gasteiger partial charge < -0.3 is 19.9 Å². The van der Waals surface area contributed by atoms with Gasteiger partial charge in [-0.05, 0) is 27.2 Å². The number of anilines is 3. The van der Waals surface area contributed by atoms with E-state index in [1.54, 1.807) is 10.6 Å². The van der Waals surface area contributed by atoms with Crippen LogP contribution in [-0.4, -0.2) is 52.1 Å². The Balaban J connectivity index is 1.43. The van der Waals surface area contributed by atoms with Crippen LogP contribution >= 0.6 is 0 Å². The Hall–Kier alpha value is -3.27. The number of amides is 2. The van der Waals surface area contributed by atoms with Gasteiger partial charge in [0.1, 0.15) is 11.5 Å². The first-order valence-electron chi connectivity index (χ1n) is 10.6. The van der Waals surface area contributed by atoms with Gasteiger partial charge in [0.15, 0.2) is 11.6 Å². The standard InChI is InChI=1S/C22H25F2N7O/c1-13-10-30-11-17(15(23)8-18(30)27-13)28-21(32)31-6-4-14-19(16(24)9-25-20(14)31)29-7-5-26-22(2,3)12-29/h8-11,26H,4-7,12H2,1-3H3,(H,28,32). The van der Waals surface area contributed by atoms with E-state index in [2.05, 4.69) is 34.4 Å². The summed E-state index contributed by atoms with van der Waals surface area (Å²) in [7, 11) is 0. The summed E-state index contributed by atoms with van der Waals surface area (Å²) in [5.74, 6) is -0.558. The van der Waals surface area contributed by atoms with Gasteiger partial charge in [-0.1, -0.05) is 0 Å². The first kappa shape index (κ1) is 20.6. The van der Waals surface area contributed by atoms with E-state index >= 15 is 0 Å². The molecule has 0 aromatic carbocycles. The SMILES string of the molecule is Cc1cn2cc(NC(=O)N3CCc4c3ncc(F)c4N3CCNC(C)(C)C3)c(F)cc2n1. The first-order valence-corrected chi connectivity index (χ1v) is 10.6. The van der Waals surface area contributed by atoms with Crippen molar-refractivity contribution in [1.29, 1.82) is 0 Å². The maximum Gasteiger partial charge on any atom is 0.327 e. The van der Waals surface area contributed by atoms with E-state index in [-0.39, 0.29) is 11.2 Å². The lowest BCUT2D eigenvalue weighted by Crippen LogP contribution is -2.57. The van der Waals surface area contributed by atoms with Crippen molar-refractivity contribution >= 4 is 28.9 Å². The zero-order chi connectivity index (χ0) is 22.6. The van der Waals surface area contributed by atoms with E-state index in [4.69, 9.17) is 0 Å². The molecule has 0 atom stereocenters. The Kier molecular flexibility index (Phi) is 4.77. The number of aryl methyl sites for hydroxylation is 1. The number of piperazine rings is 1. The van der Waals surface area contributed by atoms with Crippen molar-refractivity contribution < 1.29 is 13.6 Å². The Bertz CT molecular complexity index is 1220. The van der Waals surface area contributed by atoms with Crippen LogP contribution in [0.25, 0.3) is 5.65 Å². The lowest BCUT2D eigenvalue weighted by atomic mass is 10.0. The number of hydrogen-bond donors (Lipinski definition) is 2. The minimum atomic E-state index is -0.577. The molecule has 168 valence electrons. The van der Waals surface area contributed by atoms with Gasteiger partial charge in [-0.3, -0.25) is 4.90 Å². The van der Waals surface area contributed by atoms with Crippen LogP contribution in [0.15, 0.2) is 24.7 Å². The molecule has 0 saturated carbocycles. The normalized spacial score (nSPS) is 17.7. The van der Waals surface area contributed by atoms with Gasteiger partial charge in [-0.2, -0.15) is 0 Å². The average Bonchev–Trinajstić information content (AvgIpc) is 3.29. The predicted molar refractivity (Wildman–Crippen MR) is 118 cm³/mol. The number of urea groups is 1. The molecule has 2 N–H and O–H groups in total. The summed E-state index contributed by atoms with van der Waals surface area (Å²) >= 11 is 0. The fourth-order valence-electron chi connectivity index (χ4n) is 4.58. The highest BCUT2D eigenvalue weighted by molar-refractivity contribution is 6.03. The van der Waals surface area contributed by atoms with Crippen molar-refractivity contribution in [3.05, 3.63) is 47.5 Å². The van der Waals surface area contributed by atoms with Crippen molar-refractivity contribution in [1.82, 2.24) is 19.7 Å². The average molecular weight is 441 g/mol. The smallest absolute Gasteiger partial charge is 0.327 e. The van der Waals surface area contributed by atoms with Crippen LogP contribution in [0.2, 0.25) is 0 Å². The lowest BCUT2D eigenvalue weighted by molar-refractivity contribution is 0.257. The quantitative estimate of drug-likeness (QED) is 0.639. The summed E-state index contributed by atoms with van der Waals surface area (Å²) in [6.07, 6.45) is 4.89. The lowest BCUT2D eigenvalue weighted by Gasteiger charge is -2.41. The number of carbonyl (C=O) groups is 1. The number of aromatic nitrogens is 3. The van der Waals surface area contributed by atoms with E-state index in [0.717, 1.165) is 18.4 Å². The second kappa shape index (κ2) is 7.40. The fraction of sp³-hybridized carbons (Fsp3) is 0.409. The molecule has 0 unspecified atom stereocenters. The van der Waals surface area contributed by atoms with Crippen LogP contribution in [0, 0.1) is 18.6 Å². The van der Waals surface area contributed by atoms with Crippen molar-refractivity contribution in [2.75, 3.05) is 41.3 Å². The van der Waals surface area contributed by atoms with Crippen molar-refractivity contribution in [2.45, 2.75) is 32.7 Å². The number of imidazole rings is 1. The van der Waals surface area contributed by atoms with Gasteiger partial charge in [0.25, 0.3) is 0 Å². The number of hydrogen-bond acceptors (Lipinski definition) is 5. The fourth-order valence-corrected chi connectivity index (χ4v) is 4.58. The molecule has 2 aliphatic heterocycles. The second-order valence-electron chi connectivity index (χ2n) is 9.00. The monoisotopic (exact) mass is 441 g/mol. The molecule has 2 aliphatic rings. The molecule has 0 aliphatic carbocycles. The molecular formula is C22H25F2N7O. The first-order chi connectivity index (χ1) is 15.2. The molecule has 0 radical (unpaired) electrons. The van der Waals surface area contributed by atoms with Crippen LogP contribution in [0.1, 0.15) is 25.1 Å². The number of carbonyl (C=O) groups excluding carboxylic acids is 1. The second-order valence-corrected chi connectivity index (χ2v) is 9.00. The third kappa shape index (κ3) is 3.54. The predicted octanol–water partition coefficient (Wildman–Crippen LogP) is 3.10. The van der Waals surface area contributed by atoms with Crippen LogP contribution in [0.4, 0.5) is 30.8 Å². The summed E-state index contributed by atoms with van der Waals surface area (Å²) < 4.78 is 31.1. The van der Waals surface area contributed by atoms with Crippen molar-refractivity contribution in [2.24, 2.45) is 0 Å². The van der Waals surface area contributed by atoms with E-state index in [0.29, 0.717) is 48.8 Å². The molecule has 3 aromatic heterocycles. The highest BCUT2D eigenvalue weighted by Gasteiger charge is 2.34. The number of nitrogens with zero attached hydrogens (tertiary/aromatic N) is 5. The van der Waals surface area contributed by atoms with E-state index < -0.39 is 17.7 Å². The van der Waals surface area contributed by atoms with E-state index in [9.17, 15) is 13.6 Å². The van der Waals surface area contributed by atoms with Crippen LogP contribution < -0.4 is 20.4 Å². The largest absolute Gasteiger partial charge is 0.366 e. The molecule has 5 rings (SSSR count). The number of pyridine rings is 2. The number of halogens is 2. The molecule has 32 heavy (non-hydrogen) atoms. The third-order valence-electron chi connectivity index (χ3n) is 5.96. The van der Waals surface area contributed by atoms with Gasteiger partial charge in [-0.15, -0.1) is 0 Å². The topological polar surface area (TPSA) is 77.8 Å². The van der Waals surface area contributed by atoms with Crippen LogP contribution in [0.5, 0.6) is 0 Å². The highest BCUT2D eigenvalue weighted by Crippen LogP contribution is 2.37. The summed E-state index contributed by atoms with van der Waals surface area (Å²) in [6, 6.07) is 0.767. The molecule has 8 nitrogen and oxygen atoms in total. The van der Waals surface area contributed by atoms with Gasteiger partial charge >= 0.3 is 6.03 Å². The summed E-state index contributed by atoms with van der Waals surface area (Å²) in [5, 5.41) is 6.05. The minimum Gasteiger partial charge on any atom is -0.366 e. The minimum absolute atomic E-state index is 0.0412. The zero-order valence-electron chi connectivity index (χ0n) is 18.2.